The summed E-state index contributed by atoms with van der Waals surface area (Å²) in [4.78, 5) is 0. The average Bonchev–Trinajstić information content (AvgIpc) is 2.25. The molecule has 1 saturated carbocycles. The molecule has 0 spiro atoms. The summed E-state index contributed by atoms with van der Waals surface area (Å²) < 4.78 is 14.2. The van der Waals surface area contributed by atoms with Gasteiger partial charge in [0.25, 0.3) is 0 Å². The Morgan fingerprint density at radius 2 is 1.78 bits per heavy atom. The number of nitrogens with two attached hydrogens (primary N) is 1. The van der Waals surface area contributed by atoms with Crippen molar-refractivity contribution in [1.82, 2.24) is 0 Å². The van der Waals surface area contributed by atoms with E-state index in [2.05, 4.69) is 29.8 Å². The van der Waals surface area contributed by atoms with Crippen molar-refractivity contribution in [2.75, 3.05) is 0 Å². The minimum Gasteiger partial charge on any atom is -0.324 e. The van der Waals surface area contributed by atoms with Crippen molar-refractivity contribution in [1.29, 1.82) is 0 Å². The quantitative estimate of drug-likeness (QED) is 0.844. The summed E-state index contributed by atoms with van der Waals surface area (Å²) >= 11 is 3.33. The SMILES string of the molecule is CC1CC(C)CC(C(N)c2cc(F)cc(Br)c2)C1. The van der Waals surface area contributed by atoms with Crippen LogP contribution in [0.5, 0.6) is 0 Å². The van der Waals surface area contributed by atoms with Gasteiger partial charge in [-0.3, -0.25) is 0 Å². The van der Waals surface area contributed by atoms with E-state index in [1.165, 1.54) is 12.5 Å². The number of benzene rings is 1. The third-order valence-electron chi connectivity index (χ3n) is 3.99. The lowest BCUT2D eigenvalue weighted by molar-refractivity contribution is 0.193. The maximum Gasteiger partial charge on any atom is 0.124 e. The van der Waals surface area contributed by atoms with Gasteiger partial charge in [-0.2, -0.15) is 0 Å². The molecule has 3 atom stereocenters. The van der Waals surface area contributed by atoms with Crippen LogP contribution in [0.15, 0.2) is 22.7 Å². The van der Waals surface area contributed by atoms with Gasteiger partial charge in [0.15, 0.2) is 0 Å². The van der Waals surface area contributed by atoms with E-state index in [0.717, 1.165) is 34.7 Å². The minimum absolute atomic E-state index is 0.0535. The molecule has 1 nitrogen and oxygen atoms in total. The Labute approximate surface area is 117 Å². The van der Waals surface area contributed by atoms with Crippen molar-refractivity contribution < 1.29 is 4.39 Å². The van der Waals surface area contributed by atoms with E-state index in [1.54, 1.807) is 6.07 Å². The smallest absolute Gasteiger partial charge is 0.124 e. The molecular weight excluding hydrogens is 293 g/mol. The van der Waals surface area contributed by atoms with Crippen molar-refractivity contribution in [3.8, 4) is 0 Å². The van der Waals surface area contributed by atoms with Crippen LogP contribution in [0.3, 0.4) is 0 Å². The fourth-order valence-electron chi connectivity index (χ4n) is 3.34. The van der Waals surface area contributed by atoms with E-state index >= 15 is 0 Å². The molecule has 3 heteroatoms. The Kier molecular flexibility index (Phi) is 4.44. The second kappa shape index (κ2) is 5.70. The molecule has 0 aromatic heterocycles. The predicted octanol–water partition coefficient (Wildman–Crippen LogP) is 4.66. The van der Waals surface area contributed by atoms with Crippen molar-refractivity contribution in [3.63, 3.8) is 0 Å². The van der Waals surface area contributed by atoms with Crippen molar-refractivity contribution in [3.05, 3.63) is 34.1 Å². The maximum atomic E-state index is 13.4. The van der Waals surface area contributed by atoms with E-state index in [9.17, 15) is 4.39 Å². The molecule has 100 valence electrons. The monoisotopic (exact) mass is 313 g/mol. The van der Waals surface area contributed by atoms with E-state index in [1.807, 2.05) is 6.07 Å². The molecule has 1 aromatic carbocycles. The number of hydrogen-bond donors (Lipinski definition) is 1. The Hall–Kier alpha value is -0.410. The first-order chi connectivity index (χ1) is 8.45. The van der Waals surface area contributed by atoms with Crippen molar-refractivity contribution in [2.45, 2.75) is 39.2 Å². The molecule has 2 rings (SSSR count). The van der Waals surface area contributed by atoms with Crippen LogP contribution in [0.4, 0.5) is 4.39 Å². The molecule has 2 N–H and O–H groups in total. The van der Waals surface area contributed by atoms with Gasteiger partial charge in [0.1, 0.15) is 5.82 Å². The molecule has 1 aromatic rings. The molecule has 0 aliphatic heterocycles. The minimum atomic E-state index is -0.216. The van der Waals surface area contributed by atoms with Crippen LogP contribution in [-0.4, -0.2) is 0 Å². The van der Waals surface area contributed by atoms with Gasteiger partial charge in [0, 0.05) is 10.5 Å². The highest BCUT2D eigenvalue weighted by Gasteiger charge is 2.29. The lowest BCUT2D eigenvalue weighted by atomic mass is 9.72. The maximum absolute atomic E-state index is 13.4. The Balaban J connectivity index is 2.17. The van der Waals surface area contributed by atoms with Gasteiger partial charge in [0.2, 0.25) is 0 Å². The summed E-state index contributed by atoms with van der Waals surface area (Å²) in [6, 6.07) is 4.93. The molecular formula is C15H21BrFN. The van der Waals surface area contributed by atoms with Gasteiger partial charge >= 0.3 is 0 Å². The van der Waals surface area contributed by atoms with Crippen molar-refractivity contribution >= 4 is 15.9 Å². The summed E-state index contributed by atoms with van der Waals surface area (Å²) in [6.07, 6.45) is 3.59. The lowest BCUT2D eigenvalue weighted by Gasteiger charge is -2.35. The zero-order chi connectivity index (χ0) is 13.3. The third kappa shape index (κ3) is 3.33. The molecule has 0 heterocycles. The molecule has 3 unspecified atom stereocenters. The molecule has 1 aliphatic carbocycles. The number of hydrogen-bond acceptors (Lipinski definition) is 1. The Morgan fingerprint density at radius 3 is 2.33 bits per heavy atom. The largest absolute Gasteiger partial charge is 0.324 e. The number of halogens is 2. The molecule has 1 aliphatic rings. The molecule has 0 amide bonds. The van der Waals surface area contributed by atoms with Crippen LogP contribution in [0.2, 0.25) is 0 Å². The van der Waals surface area contributed by atoms with Gasteiger partial charge in [-0.25, -0.2) is 4.39 Å². The summed E-state index contributed by atoms with van der Waals surface area (Å²) in [5.41, 5.74) is 7.25. The first-order valence-electron chi connectivity index (χ1n) is 6.67. The van der Waals surface area contributed by atoms with Crippen LogP contribution >= 0.6 is 15.9 Å². The van der Waals surface area contributed by atoms with Crippen LogP contribution < -0.4 is 5.73 Å². The van der Waals surface area contributed by atoms with Crippen LogP contribution in [-0.2, 0) is 0 Å². The first-order valence-corrected chi connectivity index (χ1v) is 7.46. The van der Waals surface area contributed by atoms with E-state index in [4.69, 9.17) is 5.73 Å². The van der Waals surface area contributed by atoms with Gasteiger partial charge < -0.3 is 5.73 Å². The van der Waals surface area contributed by atoms with Gasteiger partial charge in [0.05, 0.1) is 0 Å². The van der Waals surface area contributed by atoms with E-state index in [-0.39, 0.29) is 11.9 Å². The molecule has 0 radical (unpaired) electrons. The fraction of sp³-hybridized carbons (Fsp3) is 0.600. The number of rotatable bonds is 2. The van der Waals surface area contributed by atoms with Gasteiger partial charge in [-0.15, -0.1) is 0 Å². The predicted molar refractivity (Wildman–Crippen MR) is 76.7 cm³/mol. The topological polar surface area (TPSA) is 26.0 Å². The van der Waals surface area contributed by atoms with Gasteiger partial charge in [-0.1, -0.05) is 29.8 Å². The summed E-state index contributed by atoms with van der Waals surface area (Å²) in [5.74, 6) is 1.70. The van der Waals surface area contributed by atoms with Crippen LogP contribution in [0, 0.1) is 23.6 Å². The molecule has 0 saturated heterocycles. The van der Waals surface area contributed by atoms with Gasteiger partial charge in [-0.05, 0) is 60.8 Å². The normalized spacial score (nSPS) is 30.2. The second-order valence-corrected chi connectivity index (χ2v) is 6.82. The standard InChI is InChI=1S/C15H21BrFN/c1-9-3-10(2)5-11(4-9)15(18)12-6-13(16)8-14(17)7-12/h6-11,15H,3-5,18H2,1-2H3. The first kappa shape index (κ1) is 14.0. The van der Waals surface area contributed by atoms with Crippen LogP contribution in [0.1, 0.15) is 44.7 Å². The van der Waals surface area contributed by atoms with Crippen LogP contribution in [0.25, 0.3) is 0 Å². The second-order valence-electron chi connectivity index (χ2n) is 5.91. The fourth-order valence-corrected chi connectivity index (χ4v) is 3.83. The molecule has 18 heavy (non-hydrogen) atoms. The highest BCUT2D eigenvalue weighted by Crippen LogP contribution is 2.39. The molecule has 1 fully saturated rings. The highest BCUT2D eigenvalue weighted by molar-refractivity contribution is 9.10. The highest BCUT2D eigenvalue weighted by atomic mass is 79.9. The summed E-state index contributed by atoms with van der Waals surface area (Å²) in [5, 5.41) is 0. The Morgan fingerprint density at radius 1 is 1.17 bits per heavy atom. The zero-order valence-electron chi connectivity index (χ0n) is 11.0. The van der Waals surface area contributed by atoms with E-state index in [0.29, 0.717) is 5.92 Å². The molecule has 0 bridgehead atoms. The van der Waals surface area contributed by atoms with E-state index < -0.39 is 0 Å². The average molecular weight is 314 g/mol. The third-order valence-corrected chi connectivity index (χ3v) is 4.45. The van der Waals surface area contributed by atoms with Crippen molar-refractivity contribution in [2.24, 2.45) is 23.5 Å². The zero-order valence-corrected chi connectivity index (χ0v) is 12.6. The summed E-state index contributed by atoms with van der Waals surface area (Å²) in [7, 11) is 0. The lowest BCUT2D eigenvalue weighted by Crippen LogP contribution is -2.29. The summed E-state index contributed by atoms with van der Waals surface area (Å²) in [6.45, 7) is 4.58. The Bertz CT molecular complexity index is 391.